The number of benzene rings is 3. The predicted octanol–water partition coefficient (Wildman–Crippen LogP) is 5.43. The van der Waals surface area contributed by atoms with Crippen LogP contribution in [0.1, 0.15) is 5.56 Å². The first kappa shape index (κ1) is 19.0. The third-order valence-electron chi connectivity index (χ3n) is 4.64. The zero-order chi connectivity index (χ0) is 20.9. The van der Waals surface area contributed by atoms with Crippen molar-refractivity contribution in [3.8, 4) is 22.9 Å². The van der Waals surface area contributed by atoms with Gasteiger partial charge < -0.3 is 10.1 Å². The summed E-state index contributed by atoms with van der Waals surface area (Å²) in [5.41, 5.74) is 3.39. The summed E-state index contributed by atoms with van der Waals surface area (Å²) in [5.74, 6) is 0.725. The molecule has 3 aromatic carbocycles. The SMILES string of the molecule is COc1ccc(-c2ccccc2)c2cc(C#N)c(NC(=O)Nc3ccccc3)nc12. The lowest BCUT2D eigenvalue weighted by molar-refractivity contribution is 0.262. The lowest BCUT2D eigenvalue weighted by Gasteiger charge is -2.14. The third-order valence-corrected chi connectivity index (χ3v) is 4.64. The average Bonchev–Trinajstić information content (AvgIpc) is 2.79. The zero-order valence-electron chi connectivity index (χ0n) is 16.2. The number of amides is 2. The smallest absolute Gasteiger partial charge is 0.324 e. The summed E-state index contributed by atoms with van der Waals surface area (Å²) in [4.78, 5) is 17.0. The minimum atomic E-state index is -0.484. The Morgan fingerprint density at radius 2 is 1.67 bits per heavy atom. The van der Waals surface area contributed by atoms with Crippen molar-refractivity contribution in [1.29, 1.82) is 5.26 Å². The van der Waals surface area contributed by atoms with Gasteiger partial charge in [0.15, 0.2) is 5.82 Å². The number of nitriles is 1. The molecule has 0 aliphatic carbocycles. The van der Waals surface area contributed by atoms with E-state index in [1.54, 1.807) is 25.3 Å². The molecule has 0 unspecified atom stereocenters. The lowest BCUT2D eigenvalue weighted by Crippen LogP contribution is -2.20. The van der Waals surface area contributed by atoms with Gasteiger partial charge in [-0.15, -0.1) is 0 Å². The Morgan fingerprint density at radius 3 is 2.33 bits per heavy atom. The maximum atomic E-state index is 12.4. The highest BCUT2D eigenvalue weighted by Crippen LogP contribution is 2.35. The fraction of sp³-hybridized carbons (Fsp3) is 0.0417. The second kappa shape index (κ2) is 8.33. The molecule has 30 heavy (non-hydrogen) atoms. The molecular weight excluding hydrogens is 376 g/mol. The zero-order valence-corrected chi connectivity index (χ0v) is 16.2. The summed E-state index contributed by atoms with van der Waals surface area (Å²) in [5, 5.41) is 15.8. The third kappa shape index (κ3) is 3.77. The van der Waals surface area contributed by atoms with Crippen LogP contribution in [0.25, 0.3) is 22.0 Å². The van der Waals surface area contributed by atoms with E-state index in [0.29, 0.717) is 17.0 Å². The molecule has 0 saturated heterocycles. The molecule has 0 atom stereocenters. The van der Waals surface area contributed by atoms with E-state index in [4.69, 9.17) is 4.74 Å². The predicted molar refractivity (Wildman–Crippen MR) is 118 cm³/mol. The Hall–Kier alpha value is -4.37. The average molecular weight is 394 g/mol. The van der Waals surface area contributed by atoms with Gasteiger partial charge in [0.05, 0.1) is 12.7 Å². The maximum absolute atomic E-state index is 12.4. The number of urea groups is 1. The molecule has 0 bridgehead atoms. The molecule has 4 aromatic rings. The summed E-state index contributed by atoms with van der Waals surface area (Å²) in [6.07, 6.45) is 0. The van der Waals surface area contributed by atoms with Crippen LogP contribution in [0.2, 0.25) is 0 Å². The largest absolute Gasteiger partial charge is 0.494 e. The molecule has 6 nitrogen and oxygen atoms in total. The van der Waals surface area contributed by atoms with E-state index in [-0.39, 0.29) is 11.4 Å². The van der Waals surface area contributed by atoms with Crippen molar-refractivity contribution in [2.75, 3.05) is 17.7 Å². The van der Waals surface area contributed by atoms with Crippen molar-refractivity contribution in [2.24, 2.45) is 0 Å². The Bertz CT molecular complexity index is 1250. The number of carbonyl (C=O) groups excluding carboxylic acids is 1. The molecule has 0 fully saturated rings. The molecular formula is C24H18N4O2. The first-order valence-corrected chi connectivity index (χ1v) is 9.30. The van der Waals surface area contributed by atoms with Gasteiger partial charge in [-0.05, 0) is 41.5 Å². The van der Waals surface area contributed by atoms with Gasteiger partial charge in [-0.25, -0.2) is 9.78 Å². The fourth-order valence-electron chi connectivity index (χ4n) is 3.24. The van der Waals surface area contributed by atoms with Crippen LogP contribution < -0.4 is 15.4 Å². The number of carbonyl (C=O) groups is 1. The monoisotopic (exact) mass is 394 g/mol. The molecule has 2 amide bonds. The van der Waals surface area contributed by atoms with E-state index in [2.05, 4.69) is 21.7 Å². The second-order valence-electron chi connectivity index (χ2n) is 6.52. The highest BCUT2D eigenvalue weighted by Gasteiger charge is 2.16. The number of ether oxygens (including phenoxy) is 1. The maximum Gasteiger partial charge on any atom is 0.324 e. The van der Waals surface area contributed by atoms with Crippen LogP contribution in [0.4, 0.5) is 16.3 Å². The number of anilines is 2. The minimum absolute atomic E-state index is 0.168. The Balaban J connectivity index is 1.78. The van der Waals surface area contributed by atoms with Crippen molar-refractivity contribution in [1.82, 2.24) is 4.98 Å². The number of hydrogen-bond donors (Lipinski definition) is 2. The molecule has 6 heteroatoms. The van der Waals surface area contributed by atoms with Crippen LogP contribution in [0.3, 0.4) is 0 Å². The molecule has 2 N–H and O–H groups in total. The van der Waals surface area contributed by atoms with Gasteiger partial charge in [-0.3, -0.25) is 5.32 Å². The van der Waals surface area contributed by atoms with Crippen molar-refractivity contribution in [3.63, 3.8) is 0 Å². The molecule has 0 radical (unpaired) electrons. The molecule has 146 valence electrons. The number of nitrogens with zero attached hydrogens (tertiary/aromatic N) is 2. The summed E-state index contributed by atoms with van der Waals surface area (Å²) in [7, 11) is 1.56. The standard InChI is InChI=1S/C24H18N4O2/c1-30-21-13-12-19(16-8-4-2-5-9-16)20-14-17(15-25)23(27-22(20)21)28-24(29)26-18-10-6-3-7-11-18/h2-14H,1H3,(H2,26,27,28,29). The quantitative estimate of drug-likeness (QED) is 0.483. The molecule has 4 rings (SSSR count). The van der Waals surface area contributed by atoms with Crippen molar-refractivity contribution in [3.05, 3.63) is 84.4 Å². The first-order valence-electron chi connectivity index (χ1n) is 9.30. The number of nitrogens with one attached hydrogen (secondary N) is 2. The summed E-state index contributed by atoms with van der Waals surface area (Å²) < 4.78 is 5.47. The molecule has 0 saturated carbocycles. The van der Waals surface area contributed by atoms with E-state index in [1.165, 1.54) is 0 Å². The van der Waals surface area contributed by atoms with Crippen molar-refractivity contribution < 1.29 is 9.53 Å². The van der Waals surface area contributed by atoms with E-state index >= 15 is 0 Å². The minimum Gasteiger partial charge on any atom is -0.494 e. The van der Waals surface area contributed by atoms with Gasteiger partial charge in [-0.2, -0.15) is 5.26 Å². The van der Waals surface area contributed by atoms with Gasteiger partial charge in [-0.1, -0.05) is 48.5 Å². The normalized spacial score (nSPS) is 10.3. The number of fused-ring (bicyclic) bond motifs is 1. The first-order chi connectivity index (χ1) is 14.7. The van der Waals surface area contributed by atoms with Crippen molar-refractivity contribution >= 4 is 28.4 Å². The summed E-state index contributed by atoms with van der Waals surface area (Å²) in [6.45, 7) is 0. The number of hydrogen-bond acceptors (Lipinski definition) is 4. The van der Waals surface area contributed by atoms with Gasteiger partial charge in [0.2, 0.25) is 0 Å². The van der Waals surface area contributed by atoms with Gasteiger partial charge in [0.25, 0.3) is 0 Å². The van der Waals surface area contributed by atoms with Crippen LogP contribution in [0.5, 0.6) is 5.75 Å². The Labute approximate surface area is 173 Å². The van der Waals surface area contributed by atoms with Crippen LogP contribution in [0.15, 0.2) is 78.9 Å². The van der Waals surface area contributed by atoms with Crippen LogP contribution in [-0.4, -0.2) is 18.1 Å². The number of methoxy groups -OCH3 is 1. The van der Waals surface area contributed by atoms with Crippen molar-refractivity contribution in [2.45, 2.75) is 0 Å². The Kier molecular flexibility index (Phi) is 5.27. The van der Waals surface area contributed by atoms with E-state index in [0.717, 1.165) is 16.5 Å². The molecule has 0 aliphatic rings. The highest BCUT2D eigenvalue weighted by atomic mass is 16.5. The number of pyridine rings is 1. The van der Waals surface area contributed by atoms with E-state index in [9.17, 15) is 10.1 Å². The van der Waals surface area contributed by atoms with Crippen LogP contribution >= 0.6 is 0 Å². The molecule has 0 spiro atoms. The lowest BCUT2D eigenvalue weighted by atomic mass is 9.99. The topological polar surface area (TPSA) is 87.0 Å². The van der Waals surface area contributed by atoms with Crippen LogP contribution in [0, 0.1) is 11.3 Å². The summed E-state index contributed by atoms with van der Waals surface area (Å²) >= 11 is 0. The number of aromatic nitrogens is 1. The molecule has 1 aromatic heterocycles. The van der Waals surface area contributed by atoms with E-state index < -0.39 is 6.03 Å². The van der Waals surface area contributed by atoms with Crippen LogP contribution in [-0.2, 0) is 0 Å². The highest BCUT2D eigenvalue weighted by molar-refractivity contribution is 6.03. The van der Waals surface area contributed by atoms with Gasteiger partial charge >= 0.3 is 6.03 Å². The number of rotatable bonds is 4. The molecule has 1 heterocycles. The second-order valence-corrected chi connectivity index (χ2v) is 6.52. The Morgan fingerprint density at radius 1 is 0.967 bits per heavy atom. The fourth-order valence-corrected chi connectivity index (χ4v) is 3.24. The number of para-hydroxylation sites is 1. The molecule has 0 aliphatic heterocycles. The van der Waals surface area contributed by atoms with Gasteiger partial charge in [0, 0.05) is 11.1 Å². The summed E-state index contributed by atoms with van der Waals surface area (Å²) in [6, 6.07) is 26.0. The van der Waals surface area contributed by atoms with Gasteiger partial charge in [0.1, 0.15) is 17.3 Å². The van der Waals surface area contributed by atoms with E-state index in [1.807, 2.05) is 60.7 Å².